The summed E-state index contributed by atoms with van der Waals surface area (Å²) in [4.78, 5) is 14.3. The molecule has 3 aromatic rings. The maximum absolute atomic E-state index is 12.1. The van der Waals surface area contributed by atoms with Crippen molar-refractivity contribution < 1.29 is 19.4 Å². The standard InChI is InChI=1S/C28H30BrNO4/c1-2-33-26-18-22(13-16-25(26)34-19-20-8-4-3-5-9-20)27(21-11-14-23(29)15-12-21)30-17-7-6-10-24(30)28(31)32/h3-5,8-9,11-16,18,24,27H,2,6-7,10,17,19H2,1H3,(H,31,32). The van der Waals surface area contributed by atoms with E-state index in [1.807, 2.05) is 67.6 Å². The van der Waals surface area contributed by atoms with Gasteiger partial charge in [-0.05, 0) is 67.3 Å². The van der Waals surface area contributed by atoms with Crippen LogP contribution in [0.2, 0.25) is 0 Å². The van der Waals surface area contributed by atoms with Crippen molar-refractivity contribution in [1.29, 1.82) is 0 Å². The van der Waals surface area contributed by atoms with E-state index in [0.29, 0.717) is 31.1 Å². The van der Waals surface area contributed by atoms with Gasteiger partial charge in [0.1, 0.15) is 12.6 Å². The minimum absolute atomic E-state index is 0.197. The molecule has 0 radical (unpaired) electrons. The molecule has 6 heteroatoms. The van der Waals surface area contributed by atoms with Gasteiger partial charge in [0, 0.05) is 4.47 Å². The Labute approximate surface area is 209 Å². The molecule has 5 nitrogen and oxygen atoms in total. The van der Waals surface area contributed by atoms with E-state index in [-0.39, 0.29) is 6.04 Å². The van der Waals surface area contributed by atoms with Gasteiger partial charge in [0.15, 0.2) is 11.5 Å². The number of nitrogens with zero attached hydrogens (tertiary/aromatic N) is 1. The predicted octanol–water partition coefficient (Wildman–Crippen LogP) is 6.46. The Hall–Kier alpha value is -2.83. The molecule has 1 aliphatic rings. The van der Waals surface area contributed by atoms with E-state index < -0.39 is 12.0 Å². The molecule has 3 aromatic carbocycles. The Bertz CT molecular complexity index is 1090. The summed E-state index contributed by atoms with van der Waals surface area (Å²) >= 11 is 3.52. The molecule has 0 amide bonds. The number of carbonyl (C=O) groups is 1. The van der Waals surface area contributed by atoms with Gasteiger partial charge in [0.25, 0.3) is 0 Å². The lowest BCUT2D eigenvalue weighted by Crippen LogP contribution is -2.46. The van der Waals surface area contributed by atoms with Crippen LogP contribution in [-0.4, -0.2) is 35.2 Å². The molecule has 0 aliphatic carbocycles. The Kier molecular flexibility index (Phi) is 8.25. The Morgan fingerprint density at radius 1 is 1.00 bits per heavy atom. The average Bonchev–Trinajstić information content (AvgIpc) is 2.86. The highest BCUT2D eigenvalue weighted by Crippen LogP contribution is 2.39. The number of benzene rings is 3. The summed E-state index contributed by atoms with van der Waals surface area (Å²) in [5.41, 5.74) is 3.13. The molecule has 1 aliphatic heterocycles. The van der Waals surface area contributed by atoms with Crippen LogP contribution >= 0.6 is 15.9 Å². The molecule has 34 heavy (non-hydrogen) atoms. The van der Waals surface area contributed by atoms with E-state index in [9.17, 15) is 9.90 Å². The van der Waals surface area contributed by atoms with Gasteiger partial charge in [0.05, 0.1) is 12.6 Å². The molecule has 2 unspecified atom stereocenters. The maximum Gasteiger partial charge on any atom is 0.320 e. The number of rotatable bonds is 9. The zero-order chi connectivity index (χ0) is 23.9. The number of piperidine rings is 1. The van der Waals surface area contributed by atoms with Crippen LogP contribution < -0.4 is 9.47 Å². The van der Waals surface area contributed by atoms with Crippen molar-refractivity contribution in [1.82, 2.24) is 4.90 Å². The molecule has 1 saturated heterocycles. The summed E-state index contributed by atoms with van der Waals surface area (Å²) in [5, 5.41) is 9.96. The number of ether oxygens (including phenoxy) is 2. The molecule has 1 heterocycles. The fourth-order valence-electron chi connectivity index (χ4n) is 4.57. The Morgan fingerprint density at radius 2 is 1.74 bits per heavy atom. The van der Waals surface area contributed by atoms with Gasteiger partial charge in [-0.2, -0.15) is 0 Å². The largest absolute Gasteiger partial charge is 0.490 e. The highest BCUT2D eigenvalue weighted by atomic mass is 79.9. The first-order valence-electron chi connectivity index (χ1n) is 11.7. The Balaban J connectivity index is 1.70. The third-order valence-corrected chi connectivity index (χ3v) is 6.70. The number of hydrogen-bond donors (Lipinski definition) is 1. The molecular weight excluding hydrogens is 494 g/mol. The minimum Gasteiger partial charge on any atom is -0.490 e. The van der Waals surface area contributed by atoms with Gasteiger partial charge < -0.3 is 14.6 Å². The average molecular weight is 524 g/mol. The highest BCUT2D eigenvalue weighted by Gasteiger charge is 2.35. The number of hydrogen-bond acceptors (Lipinski definition) is 4. The second kappa shape index (κ2) is 11.5. The van der Waals surface area contributed by atoms with Crippen LogP contribution in [0.15, 0.2) is 77.3 Å². The first kappa shape index (κ1) is 24.3. The fourth-order valence-corrected chi connectivity index (χ4v) is 4.83. The summed E-state index contributed by atoms with van der Waals surface area (Å²) in [6, 6.07) is 23.4. The SMILES string of the molecule is CCOc1cc(C(c2ccc(Br)cc2)N2CCCCC2C(=O)O)ccc1OCc1ccccc1. The van der Waals surface area contributed by atoms with Gasteiger partial charge in [-0.15, -0.1) is 0 Å². The van der Waals surface area contributed by atoms with Gasteiger partial charge in [-0.3, -0.25) is 9.69 Å². The van der Waals surface area contributed by atoms with Crippen molar-refractivity contribution in [2.45, 2.75) is 44.9 Å². The molecule has 4 rings (SSSR count). The van der Waals surface area contributed by atoms with Crippen LogP contribution in [0.1, 0.15) is 48.9 Å². The van der Waals surface area contributed by atoms with E-state index in [4.69, 9.17) is 9.47 Å². The summed E-state index contributed by atoms with van der Waals surface area (Å²) in [6.45, 7) is 3.64. The van der Waals surface area contributed by atoms with E-state index in [1.54, 1.807) is 0 Å². The molecule has 0 bridgehead atoms. The van der Waals surface area contributed by atoms with Crippen LogP contribution in [0.3, 0.4) is 0 Å². The molecule has 1 N–H and O–H groups in total. The van der Waals surface area contributed by atoms with Gasteiger partial charge >= 0.3 is 5.97 Å². The van der Waals surface area contributed by atoms with Crippen molar-refractivity contribution in [3.05, 3.63) is 94.0 Å². The Morgan fingerprint density at radius 3 is 2.44 bits per heavy atom. The summed E-state index contributed by atoms with van der Waals surface area (Å²) in [5.74, 6) is 0.578. The molecule has 0 aromatic heterocycles. The molecule has 178 valence electrons. The molecule has 0 saturated carbocycles. The van der Waals surface area contributed by atoms with Crippen LogP contribution in [0, 0.1) is 0 Å². The van der Waals surface area contributed by atoms with Crippen LogP contribution in [-0.2, 0) is 11.4 Å². The zero-order valence-electron chi connectivity index (χ0n) is 19.3. The van der Waals surface area contributed by atoms with Crippen molar-refractivity contribution in [3.63, 3.8) is 0 Å². The van der Waals surface area contributed by atoms with Crippen LogP contribution in [0.5, 0.6) is 11.5 Å². The van der Waals surface area contributed by atoms with Crippen molar-refractivity contribution in [2.75, 3.05) is 13.2 Å². The lowest BCUT2D eigenvalue weighted by atomic mass is 9.91. The monoisotopic (exact) mass is 523 g/mol. The van der Waals surface area contributed by atoms with Crippen molar-refractivity contribution in [3.8, 4) is 11.5 Å². The normalized spacial score (nSPS) is 17.2. The van der Waals surface area contributed by atoms with E-state index >= 15 is 0 Å². The van der Waals surface area contributed by atoms with Crippen molar-refractivity contribution >= 4 is 21.9 Å². The summed E-state index contributed by atoms with van der Waals surface area (Å²) in [6.07, 6.45) is 2.56. The zero-order valence-corrected chi connectivity index (χ0v) is 20.9. The van der Waals surface area contributed by atoms with E-state index in [1.165, 1.54) is 0 Å². The number of aliphatic carboxylic acids is 1. The first-order chi connectivity index (χ1) is 16.6. The number of carboxylic acids is 1. The quantitative estimate of drug-likeness (QED) is 0.349. The number of likely N-dealkylation sites (tertiary alicyclic amines) is 1. The highest BCUT2D eigenvalue weighted by molar-refractivity contribution is 9.10. The second-order valence-corrected chi connectivity index (χ2v) is 9.37. The van der Waals surface area contributed by atoms with E-state index in [0.717, 1.165) is 40.5 Å². The van der Waals surface area contributed by atoms with Gasteiger partial charge in [0.2, 0.25) is 0 Å². The third-order valence-electron chi connectivity index (χ3n) is 6.17. The lowest BCUT2D eigenvalue weighted by Gasteiger charge is -2.39. The second-order valence-electron chi connectivity index (χ2n) is 8.46. The third kappa shape index (κ3) is 5.80. The molecule has 2 atom stereocenters. The number of carboxylic acid groups (broad SMARTS) is 1. The fraction of sp³-hybridized carbons (Fsp3) is 0.321. The smallest absolute Gasteiger partial charge is 0.320 e. The minimum atomic E-state index is -0.769. The topological polar surface area (TPSA) is 59.0 Å². The predicted molar refractivity (Wildman–Crippen MR) is 136 cm³/mol. The van der Waals surface area contributed by atoms with Gasteiger partial charge in [-0.25, -0.2) is 0 Å². The molecular formula is C28H30BrNO4. The van der Waals surface area contributed by atoms with Crippen LogP contribution in [0.4, 0.5) is 0 Å². The van der Waals surface area contributed by atoms with Crippen molar-refractivity contribution in [2.24, 2.45) is 0 Å². The number of halogens is 1. The molecule has 1 fully saturated rings. The maximum atomic E-state index is 12.1. The summed E-state index contributed by atoms with van der Waals surface area (Å²) < 4.78 is 13.1. The summed E-state index contributed by atoms with van der Waals surface area (Å²) in [7, 11) is 0. The first-order valence-corrected chi connectivity index (χ1v) is 12.5. The lowest BCUT2D eigenvalue weighted by molar-refractivity contribution is -0.145. The van der Waals surface area contributed by atoms with Gasteiger partial charge in [-0.1, -0.05) is 70.9 Å². The molecule has 0 spiro atoms. The van der Waals surface area contributed by atoms with Crippen LogP contribution in [0.25, 0.3) is 0 Å². The van der Waals surface area contributed by atoms with E-state index in [2.05, 4.69) is 33.0 Å².